The quantitative estimate of drug-likeness (QED) is 0.864. The number of ether oxygens (including phenoxy) is 1. The van der Waals surface area contributed by atoms with Crippen LogP contribution in [-0.2, 0) is 0 Å². The zero-order valence-electron chi connectivity index (χ0n) is 12.1. The maximum atomic E-state index is 12.6. The lowest BCUT2D eigenvalue weighted by atomic mass is 10.1. The van der Waals surface area contributed by atoms with Crippen LogP contribution in [0.2, 0.25) is 0 Å². The van der Waals surface area contributed by atoms with Gasteiger partial charge in [-0.05, 0) is 25.5 Å². The van der Waals surface area contributed by atoms with E-state index in [4.69, 9.17) is 9.26 Å². The van der Waals surface area contributed by atoms with Gasteiger partial charge >= 0.3 is 0 Å². The highest BCUT2D eigenvalue weighted by atomic mass is 16.5. The first kappa shape index (κ1) is 13.6. The summed E-state index contributed by atoms with van der Waals surface area (Å²) in [5.41, 5.74) is 0.586. The molecule has 0 N–H and O–H groups in total. The Bertz CT molecular complexity index is 653. The standard InChI is InChI=1S/C15H17N3O3/c1-10-16-14(21-17-10)11-7-8-18(9-11)15(19)12-5-3-4-6-13(12)20-2/h3-6,11H,7-9H2,1-2H3/t11-/m1/s1. The number of para-hydroxylation sites is 1. The van der Waals surface area contributed by atoms with Crippen LogP contribution >= 0.6 is 0 Å². The molecule has 1 fully saturated rings. The van der Waals surface area contributed by atoms with Gasteiger partial charge in [0.2, 0.25) is 5.89 Å². The SMILES string of the molecule is COc1ccccc1C(=O)N1CC[C@@H](c2nc(C)no2)C1. The third-order valence-electron chi connectivity index (χ3n) is 3.71. The van der Waals surface area contributed by atoms with Crippen molar-refractivity contribution in [2.45, 2.75) is 19.3 Å². The van der Waals surface area contributed by atoms with Crippen LogP contribution in [0.3, 0.4) is 0 Å². The van der Waals surface area contributed by atoms with Gasteiger partial charge in [-0.25, -0.2) is 0 Å². The fourth-order valence-corrected chi connectivity index (χ4v) is 2.62. The second-order valence-corrected chi connectivity index (χ2v) is 5.12. The molecule has 3 rings (SSSR count). The number of rotatable bonds is 3. The van der Waals surface area contributed by atoms with Crippen molar-refractivity contribution in [1.82, 2.24) is 15.0 Å². The van der Waals surface area contributed by atoms with E-state index in [2.05, 4.69) is 10.1 Å². The molecule has 0 saturated carbocycles. The third-order valence-corrected chi connectivity index (χ3v) is 3.71. The number of aryl methyl sites for hydroxylation is 1. The summed E-state index contributed by atoms with van der Waals surface area (Å²) >= 11 is 0. The molecule has 1 saturated heterocycles. The molecule has 2 aromatic rings. The molecule has 21 heavy (non-hydrogen) atoms. The van der Waals surface area contributed by atoms with Gasteiger partial charge in [-0.1, -0.05) is 17.3 Å². The zero-order valence-corrected chi connectivity index (χ0v) is 12.1. The minimum atomic E-state index is -0.0220. The maximum Gasteiger partial charge on any atom is 0.257 e. The van der Waals surface area contributed by atoms with E-state index in [0.717, 1.165) is 6.42 Å². The predicted octanol–water partition coefficient (Wildman–Crippen LogP) is 2.02. The van der Waals surface area contributed by atoms with Crippen LogP contribution in [0.5, 0.6) is 5.75 Å². The summed E-state index contributed by atoms with van der Waals surface area (Å²) < 4.78 is 10.5. The molecule has 2 heterocycles. The van der Waals surface area contributed by atoms with E-state index in [1.807, 2.05) is 17.0 Å². The van der Waals surface area contributed by atoms with Crippen molar-refractivity contribution in [1.29, 1.82) is 0 Å². The second kappa shape index (κ2) is 5.55. The van der Waals surface area contributed by atoms with Crippen molar-refractivity contribution in [3.8, 4) is 5.75 Å². The van der Waals surface area contributed by atoms with Crippen molar-refractivity contribution in [2.75, 3.05) is 20.2 Å². The first-order valence-corrected chi connectivity index (χ1v) is 6.91. The molecule has 0 unspecified atom stereocenters. The van der Waals surface area contributed by atoms with E-state index < -0.39 is 0 Å². The van der Waals surface area contributed by atoms with Gasteiger partial charge in [-0.2, -0.15) is 4.98 Å². The van der Waals surface area contributed by atoms with E-state index in [0.29, 0.717) is 36.1 Å². The minimum absolute atomic E-state index is 0.0220. The largest absolute Gasteiger partial charge is 0.496 e. The molecular weight excluding hydrogens is 270 g/mol. The molecule has 0 spiro atoms. The van der Waals surface area contributed by atoms with Gasteiger partial charge in [0.05, 0.1) is 18.6 Å². The van der Waals surface area contributed by atoms with Crippen LogP contribution < -0.4 is 4.74 Å². The molecule has 1 aromatic carbocycles. The zero-order chi connectivity index (χ0) is 14.8. The molecule has 1 atom stereocenters. The van der Waals surface area contributed by atoms with Gasteiger partial charge in [-0.15, -0.1) is 0 Å². The number of aromatic nitrogens is 2. The monoisotopic (exact) mass is 287 g/mol. The van der Waals surface area contributed by atoms with E-state index in [1.54, 1.807) is 26.2 Å². The first-order chi connectivity index (χ1) is 10.2. The summed E-state index contributed by atoms with van der Waals surface area (Å²) in [5.74, 6) is 1.93. The Morgan fingerprint density at radius 2 is 2.24 bits per heavy atom. The number of hydrogen-bond donors (Lipinski definition) is 0. The van der Waals surface area contributed by atoms with Crippen LogP contribution in [0.25, 0.3) is 0 Å². The number of hydrogen-bond acceptors (Lipinski definition) is 5. The highest BCUT2D eigenvalue weighted by Gasteiger charge is 2.32. The lowest BCUT2D eigenvalue weighted by molar-refractivity contribution is 0.0786. The number of benzene rings is 1. The number of carbonyl (C=O) groups excluding carboxylic acids is 1. The molecule has 6 heteroatoms. The number of likely N-dealkylation sites (tertiary alicyclic amines) is 1. The smallest absolute Gasteiger partial charge is 0.257 e. The molecule has 0 radical (unpaired) electrons. The van der Waals surface area contributed by atoms with Crippen LogP contribution in [0.1, 0.15) is 34.4 Å². The second-order valence-electron chi connectivity index (χ2n) is 5.12. The molecule has 1 aliphatic heterocycles. The highest BCUT2D eigenvalue weighted by Crippen LogP contribution is 2.28. The molecule has 6 nitrogen and oxygen atoms in total. The molecule has 1 aromatic heterocycles. The normalized spacial score (nSPS) is 18.0. The van der Waals surface area contributed by atoms with Gasteiger partial charge in [0.1, 0.15) is 5.75 Å². The Balaban J connectivity index is 1.75. The lowest BCUT2D eigenvalue weighted by Gasteiger charge is -2.17. The lowest BCUT2D eigenvalue weighted by Crippen LogP contribution is -2.28. The van der Waals surface area contributed by atoms with Gasteiger partial charge in [0.25, 0.3) is 5.91 Å². The van der Waals surface area contributed by atoms with Gasteiger partial charge < -0.3 is 14.2 Å². The van der Waals surface area contributed by atoms with Crippen LogP contribution in [-0.4, -0.2) is 41.1 Å². The predicted molar refractivity (Wildman–Crippen MR) is 75.3 cm³/mol. The molecule has 110 valence electrons. The van der Waals surface area contributed by atoms with Crippen LogP contribution in [0.15, 0.2) is 28.8 Å². The summed E-state index contributed by atoms with van der Waals surface area (Å²) in [5, 5.41) is 3.81. The fourth-order valence-electron chi connectivity index (χ4n) is 2.62. The van der Waals surface area contributed by atoms with E-state index in [1.165, 1.54) is 0 Å². The van der Waals surface area contributed by atoms with Gasteiger partial charge in [0, 0.05) is 13.1 Å². The minimum Gasteiger partial charge on any atom is -0.496 e. The van der Waals surface area contributed by atoms with Crippen molar-refractivity contribution in [2.24, 2.45) is 0 Å². The number of nitrogens with zero attached hydrogens (tertiary/aromatic N) is 3. The van der Waals surface area contributed by atoms with Crippen molar-refractivity contribution >= 4 is 5.91 Å². The van der Waals surface area contributed by atoms with Gasteiger partial charge in [-0.3, -0.25) is 4.79 Å². The average molecular weight is 287 g/mol. The Labute approximate surface area is 122 Å². The van der Waals surface area contributed by atoms with Crippen LogP contribution in [0.4, 0.5) is 0 Å². The van der Waals surface area contributed by atoms with Crippen molar-refractivity contribution < 1.29 is 14.1 Å². The van der Waals surface area contributed by atoms with Crippen molar-refractivity contribution in [3.05, 3.63) is 41.5 Å². The number of amides is 1. The summed E-state index contributed by atoms with van der Waals surface area (Å²) in [7, 11) is 1.57. The maximum absolute atomic E-state index is 12.6. The summed E-state index contributed by atoms with van der Waals surface area (Å²) in [6, 6.07) is 7.27. The first-order valence-electron chi connectivity index (χ1n) is 6.91. The van der Waals surface area contributed by atoms with Gasteiger partial charge in [0.15, 0.2) is 5.82 Å². The van der Waals surface area contributed by atoms with E-state index in [-0.39, 0.29) is 11.8 Å². The molecule has 1 amide bonds. The third kappa shape index (κ3) is 2.61. The Morgan fingerprint density at radius 3 is 2.95 bits per heavy atom. The summed E-state index contributed by atoms with van der Waals surface area (Å²) in [6.45, 7) is 3.07. The van der Waals surface area contributed by atoms with Crippen molar-refractivity contribution in [3.63, 3.8) is 0 Å². The van der Waals surface area contributed by atoms with E-state index >= 15 is 0 Å². The Kier molecular flexibility index (Phi) is 3.60. The summed E-state index contributed by atoms with van der Waals surface area (Å²) in [4.78, 5) is 18.6. The number of methoxy groups -OCH3 is 1. The number of carbonyl (C=O) groups is 1. The average Bonchev–Trinajstić information content (AvgIpc) is 3.15. The Hall–Kier alpha value is -2.37. The molecular formula is C15H17N3O3. The molecule has 0 aliphatic carbocycles. The topological polar surface area (TPSA) is 68.5 Å². The fraction of sp³-hybridized carbons (Fsp3) is 0.400. The van der Waals surface area contributed by atoms with Crippen LogP contribution in [0, 0.1) is 6.92 Å². The summed E-state index contributed by atoms with van der Waals surface area (Å²) in [6.07, 6.45) is 0.836. The molecule has 0 bridgehead atoms. The van der Waals surface area contributed by atoms with E-state index in [9.17, 15) is 4.79 Å². The highest BCUT2D eigenvalue weighted by molar-refractivity contribution is 5.97. The molecule has 1 aliphatic rings. The Morgan fingerprint density at radius 1 is 1.43 bits per heavy atom.